The van der Waals surface area contributed by atoms with Crippen LogP contribution in [0.5, 0.6) is 0 Å². The first kappa shape index (κ1) is 12.6. The largest absolute Gasteiger partial charge is 0.523 e. The molecule has 1 rings (SSSR count). The fourth-order valence-electron chi connectivity index (χ4n) is 2.03. The zero-order valence-corrected chi connectivity index (χ0v) is 10.8. The minimum absolute atomic E-state index is 0.118. The molecule has 0 N–H and O–H groups in total. The van der Waals surface area contributed by atoms with E-state index in [-0.39, 0.29) is 11.6 Å². The van der Waals surface area contributed by atoms with Crippen molar-refractivity contribution in [2.75, 3.05) is 27.9 Å². The van der Waals surface area contributed by atoms with Gasteiger partial charge in [-0.1, -0.05) is 0 Å². The summed E-state index contributed by atoms with van der Waals surface area (Å²) in [5.41, 5.74) is -0.118. The number of carbonyl (C=O) groups is 1. The van der Waals surface area contributed by atoms with E-state index < -0.39 is 8.80 Å². The second kappa shape index (κ2) is 5.07. The van der Waals surface area contributed by atoms with Gasteiger partial charge in [-0.15, -0.1) is 0 Å². The van der Waals surface area contributed by atoms with Crippen molar-refractivity contribution in [2.45, 2.75) is 25.4 Å². The average Bonchev–Trinajstić information content (AvgIpc) is 2.67. The van der Waals surface area contributed by atoms with Crippen LogP contribution in [0.2, 0.25) is 0 Å². The highest BCUT2D eigenvalue weighted by Crippen LogP contribution is 2.22. The lowest BCUT2D eigenvalue weighted by Crippen LogP contribution is -2.60. The van der Waals surface area contributed by atoms with Crippen LogP contribution in [0.4, 0.5) is 0 Å². The lowest BCUT2D eigenvalue weighted by atomic mass is 10.4. The Hall–Kier alpha value is -0.433. The van der Waals surface area contributed by atoms with Crippen molar-refractivity contribution >= 4 is 14.7 Å². The van der Waals surface area contributed by atoms with E-state index in [0.717, 1.165) is 13.0 Å². The third-order valence-corrected chi connectivity index (χ3v) is 5.98. The molecule has 0 spiro atoms. The second-order valence-electron chi connectivity index (χ2n) is 3.58. The number of rotatable bonds is 5. The van der Waals surface area contributed by atoms with Crippen LogP contribution in [0.3, 0.4) is 0 Å². The minimum Gasteiger partial charge on any atom is -0.376 e. The molecule has 0 radical (unpaired) electrons. The van der Waals surface area contributed by atoms with Crippen molar-refractivity contribution in [3.63, 3.8) is 0 Å². The predicted octanol–water partition coefficient (Wildman–Crippen LogP) is 0.415. The molecule has 1 atom stereocenters. The highest BCUT2D eigenvalue weighted by molar-refractivity contribution is 6.62. The van der Waals surface area contributed by atoms with Gasteiger partial charge in [0.25, 0.3) is 0 Å². The monoisotopic (exact) mass is 233 g/mol. The molecule has 15 heavy (non-hydrogen) atoms. The summed E-state index contributed by atoms with van der Waals surface area (Å²) in [6.07, 6.45) is 1.52. The summed E-state index contributed by atoms with van der Waals surface area (Å²) in [5, 5.41) is 0. The Bertz CT molecular complexity index is 224. The number of likely N-dealkylation sites (tertiary alicyclic amines) is 1. The molecule has 6 heteroatoms. The molecule has 1 amide bonds. The van der Waals surface area contributed by atoms with Crippen molar-refractivity contribution in [2.24, 2.45) is 0 Å². The zero-order valence-electron chi connectivity index (χ0n) is 9.78. The lowest BCUT2D eigenvalue weighted by molar-refractivity contribution is -0.129. The molecule has 1 heterocycles. The third kappa shape index (κ3) is 2.22. The summed E-state index contributed by atoms with van der Waals surface area (Å²) in [4.78, 5) is 13.4. The summed E-state index contributed by atoms with van der Waals surface area (Å²) in [6, 6.07) is 0. The molecule has 0 unspecified atom stereocenters. The summed E-state index contributed by atoms with van der Waals surface area (Å²) >= 11 is 0. The standard InChI is InChI=1S/C9H19NO4Si/c1-8(10-7-5-6-9(10)11)15(12-2,13-3)14-4/h8H,5-7H2,1-4H3/t8-/m1/s1. The van der Waals surface area contributed by atoms with Gasteiger partial charge < -0.3 is 18.2 Å². The van der Waals surface area contributed by atoms with Gasteiger partial charge in [0.15, 0.2) is 0 Å². The normalized spacial score (nSPS) is 19.7. The van der Waals surface area contributed by atoms with E-state index in [0.29, 0.717) is 6.42 Å². The van der Waals surface area contributed by atoms with Crippen molar-refractivity contribution in [1.29, 1.82) is 0 Å². The van der Waals surface area contributed by atoms with Crippen LogP contribution in [0.15, 0.2) is 0 Å². The first-order valence-corrected chi connectivity index (χ1v) is 6.86. The highest BCUT2D eigenvalue weighted by Gasteiger charge is 2.49. The molecule has 0 bridgehead atoms. The molecule has 88 valence electrons. The Kier molecular flexibility index (Phi) is 4.27. The van der Waals surface area contributed by atoms with Gasteiger partial charge in [0, 0.05) is 34.3 Å². The van der Waals surface area contributed by atoms with Crippen molar-refractivity contribution in [3.8, 4) is 0 Å². The maximum Gasteiger partial charge on any atom is 0.523 e. The quantitative estimate of drug-likeness (QED) is 0.646. The fourth-order valence-corrected chi connectivity index (χ4v) is 4.21. The van der Waals surface area contributed by atoms with Crippen molar-refractivity contribution in [1.82, 2.24) is 4.90 Å². The Morgan fingerprint density at radius 3 is 2.13 bits per heavy atom. The first-order valence-electron chi connectivity index (χ1n) is 5.06. The smallest absolute Gasteiger partial charge is 0.376 e. The van der Waals surface area contributed by atoms with Crippen molar-refractivity contribution in [3.05, 3.63) is 0 Å². The van der Waals surface area contributed by atoms with Crippen LogP contribution in [-0.4, -0.2) is 53.2 Å². The van der Waals surface area contributed by atoms with E-state index >= 15 is 0 Å². The van der Waals surface area contributed by atoms with E-state index in [1.807, 2.05) is 6.92 Å². The second-order valence-corrected chi connectivity index (χ2v) is 6.85. The number of hydrogen-bond donors (Lipinski definition) is 0. The van der Waals surface area contributed by atoms with Crippen LogP contribution >= 0.6 is 0 Å². The van der Waals surface area contributed by atoms with Crippen molar-refractivity contribution < 1.29 is 18.1 Å². The minimum atomic E-state index is -2.72. The third-order valence-electron chi connectivity index (χ3n) is 2.94. The van der Waals surface area contributed by atoms with Gasteiger partial charge in [-0.3, -0.25) is 4.79 Å². The van der Waals surface area contributed by atoms with E-state index in [2.05, 4.69) is 0 Å². The van der Waals surface area contributed by atoms with Gasteiger partial charge in [-0.2, -0.15) is 0 Å². The first-order chi connectivity index (χ1) is 7.11. The molecular weight excluding hydrogens is 214 g/mol. The molecule has 0 aliphatic carbocycles. The molecule has 0 aromatic carbocycles. The van der Waals surface area contributed by atoms with Gasteiger partial charge >= 0.3 is 8.80 Å². The van der Waals surface area contributed by atoms with Gasteiger partial charge in [0.2, 0.25) is 5.91 Å². The van der Waals surface area contributed by atoms with Gasteiger partial charge in [0.1, 0.15) is 0 Å². The molecular formula is C9H19NO4Si. The van der Waals surface area contributed by atoms with Crippen LogP contribution < -0.4 is 0 Å². The van der Waals surface area contributed by atoms with Crippen LogP contribution in [0.1, 0.15) is 19.8 Å². The molecule has 5 nitrogen and oxygen atoms in total. The summed E-state index contributed by atoms with van der Waals surface area (Å²) in [7, 11) is 1.97. The van der Waals surface area contributed by atoms with E-state index in [1.165, 1.54) is 0 Å². The van der Waals surface area contributed by atoms with Gasteiger partial charge in [-0.25, -0.2) is 0 Å². The number of hydrogen-bond acceptors (Lipinski definition) is 4. The Labute approximate surface area is 91.7 Å². The van der Waals surface area contributed by atoms with Gasteiger partial charge in [-0.05, 0) is 13.3 Å². The Balaban J connectivity index is 2.79. The van der Waals surface area contributed by atoms with Crippen LogP contribution in [0, 0.1) is 0 Å². The molecule has 1 aliphatic heterocycles. The molecule has 1 fully saturated rings. The van der Waals surface area contributed by atoms with E-state index in [4.69, 9.17) is 13.3 Å². The molecule has 0 saturated carbocycles. The molecule has 0 aromatic rings. The van der Waals surface area contributed by atoms with Crippen LogP contribution in [0.25, 0.3) is 0 Å². The summed E-state index contributed by atoms with van der Waals surface area (Å²) in [6.45, 7) is 2.69. The summed E-state index contributed by atoms with van der Waals surface area (Å²) < 4.78 is 16.1. The summed E-state index contributed by atoms with van der Waals surface area (Å²) in [5.74, 6) is 0.158. The Morgan fingerprint density at radius 2 is 1.80 bits per heavy atom. The topological polar surface area (TPSA) is 48.0 Å². The number of nitrogens with zero attached hydrogens (tertiary/aromatic N) is 1. The number of carbonyl (C=O) groups excluding carboxylic acids is 1. The Morgan fingerprint density at radius 1 is 1.27 bits per heavy atom. The van der Waals surface area contributed by atoms with E-state index in [9.17, 15) is 4.79 Å². The van der Waals surface area contributed by atoms with E-state index in [1.54, 1.807) is 26.2 Å². The fraction of sp³-hybridized carbons (Fsp3) is 0.889. The molecule has 1 aliphatic rings. The molecule has 1 saturated heterocycles. The van der Waals surface area contributed by atoms with Crippen LogP contribution in [-0.2, 0) is 18.1 Å². The maximum atomic E-state index is 11.6. The van der Waals surface area contributed by atoms with Gasteiger partial charge in [0.05, 0.1) is 5.67 Å². The zero-order chi connectivity index (χ0) is 11.5. The number of amides is 1. The average molecular weight is 233 g/mol. The molecule has 0 aromatic heterocycles. The SMILES string of the molecule is CO[Si](OC)(OC)[C@H](C)N1CCCC1=O. The lowest BCUT2D eigenvalue weighted by Gasteiger charge is -2.35. The maximum absolute atomic E-state index is 11.6. The predicted molar refractivity (Wildman–Crippen MR) is 57.2 cm³/mol. The highest BCUT2D eigenvalue weighted by atomic mass is 28.4.